The molecule has 1 saturated heterocycles. The molecule has 0 aromatic carbocycles. The van der Waals surface area contributed by atoms with E-state index in [2.05, 4.69) is 22.7 Å². The number of urea groups is 1. The van der Waals surface area contributed by atoms with Gasteiger partial charge in [0.15, 0.2) is 0 Å². The van der Waals surface area contributed by atoms with E-state index < -0.39 is 0 Å². The lowest BCUT2D eigenvalue weighted by molar-refractivity contribution is 0.0986. The van der Waals surface area contributed by atoms with Gasteiger partial charge in [0.05, 0.1) is 11.7 Å². The lowest BCUT2D eigenvalue weighted by Crippen LogP contribution is -2.48. The quantitative estimate of drug-likeness (QED) is 0.870. The molecule has 2 aliphatic carbocycles. The average Bonchev–Trinajstić information content (AvgIpc) is 3.44. The fraction of sp³-hybridized carbons (Fsp3) is 0.778. The zero-order chi connectivity index (χ0) is 16.8. The SMILES string of the molecule is Cc1nn(C)c(C)c1[C@H]1OCC[C@@H]1NC(=O)NC(C1CC1)C1CC1. The van der Waals surface area contributed by atoms with Gasteiger partial charge in [-0.25, -0.2) is 4.79 Å². The number of hydrogen-bond acceptors (Lipinski definition) is 3. The smallest absolute Gasteiger partial charge is 0.315 e. The third-order valence-electron chi connectivity index (χ3n) is 5.82. The fourth-order valence-electron chi connectivity index (χ4n) is 4.12. The number of carbonyl (C=O) groups is 1. The van der Waals surface area contributed by atoms with Gasteiger partial charge in [0.2, 0.25) is 0 Å². The lowest BCUT2D eigenvalue weighted by atomic mass is 10.0. The van der Waals surface area contributed by atoms with E-state index in [1.807, 2.05) is 18.7 Å². The summed E-state index contributed by atoms with van der Waals surface area (Å²) < 4.78 is 7.84. The minimum absolute atomic E-state index is 0.0191. The molecule has 3 aliphatic rings. The first-order valence-electron chi connectivity index (χ1n) is 9.23. The van der Waals surface area contributed by atoms with E-state index in [0.717, 1.165) is 23.4 Å². The molecule has 24 heavy (non-hydrogen) atoms. The summed E-state index contributed by atoms with van der Waals surface area (Å²) in [5.41, 5.74) is 3.23. The summed E-state index contributed by atoms with van der Waals surface area (Å²) in [5, 5.41) is 10.9. The standard InChI is InChI=1S/C18H28N4O2/c1-10-15(11(2)22(3)21-10)17-14(8-9-24-17)19-18(23)20-16(12-4-5-12)13-6-7-13/h12-14,16-17H,4-9H2,1-3H3,(H2,19,20,23)/t14-,17-/m0/s1. The number of ether oxygens (including phenoxy) is 1. The van der Waals surface area contributed by atoms with Crippen LogP contribution in [0.4, 0.5) is 4.79 Å². The summed E-state index contributed by atoms with van der Waals surface area (Å²) in [5.74, 6) is 1.42. The van der Waals surface area contributed by atoms with Crippen molar-refractivity contribution in [2.75, 3.05) is 6.61 Å². The minimum atomic E-state index is -0.0928. The first-order valence-corrected chi connectivity index (χ1v) is 9.23. The molecular formula is C18H28N4O2. The molecule has 1 aromatic rings. The molecule has 2 amide bonds. The molecular weight excluding hydrogens is 304 g/mol. The maximum absolute atomic E-state index is 12.5. The topological polar surface area (TPSA) is 68.2 Å². The van der Waals surface area contributed by atoms with Crippen molar-refractivity contribution in [3.63, 3.8) is 0 Å². The van der Waals surface area contributed by atoms with E-state index >= 15 is 0 Å². The highest BCUT2D eigenvalue weighted by Crippen LogP contribution is 2.44. The van der Waals surface area contributed by atoms with Gasteiger partial charge in [0.1, 0.15) is 6.10 Å². The molecule has 1 aromatic heterocycles. The molecule has 6 heteroatoms. The van der Waals surface area contributed by atoms with Crippen LogP contribution in [-0.4, -0.2) is 34.5 Å². The monoisotopic (exact) mass is 332 g/mol. The van der Waals surface area contributed by atoms with Crippen LogP contribution in [0, 0.1) is 25.7 Å². The van der Waals surface area contributed by atoms with E-state index in [0.29, 0.717) is 24.5 Å². The van der Waals surface area contributed by atoms with Crippen LogP contribution in [0.25, 0.3) is 0 Å². The first kappa shape index (κ1) is 15.9. The molecule has 0 spiro atoms. The molecule has 2 atom stereocenters. The van der Waals surface area contributed by atoms with E-state index in [1.54, 1.807) is 0 Å². The normalized spacial score (nSPS) is 26.8. The molecule has 132 valence electrons. The highest BCUT2D eigenvalue weighted by molar-refractivity contribution is 5.75. The van der Waals surface area contributed by atoms with Gasteiger partial charge in [-0.1, -0.05) is 0 Å². The van der Waals surface area contributed by atoms with Crippen LogP contribution < -0.4 is 10.6 Å². The van der Waals surface area contributed by atoms with E-state index in [1.165, 1.54) is 25.7 Å². The summed E-state index contributed by atoms with van der Waals surface area (Å²) >= 11 is 0. The molecule has 3 fully saturated rings. The zero-order valence-corrected chi connectivity index (χ0v) is 14.8. The number of nitrogens with one attached hydrogen (secondary N) is 2. The Balaban J connectivity index is 1.42. The van der Waals surface area contributed by atoms with E-state index in [4.69, 9.17) is 4.74 Å². The zero-order valence-electron chi connectivity index (χ0n) is 14.8. The number of hydrogen-bond donors (Lipinski definition) is 2. The molecule has 2 heterocycles. The predicted octanol–water partition coefficient (Wildman–Crippen LogP) is 2.35. The van der Waals surface area contributed by atoms with Gasteiger partial charge in [-0.05, 0) is 57.8 Å². The van der Waals surface area contributed by atoms with Crippen LogP contribution in [0.15, 0.2) is 0 Å². The van der Waals surface area contributed by atoms with Crippen molar-refractivity contribution in [2.45, 2.75) is 64.1 Å². The van der Waals surface area contributed by atoms with Crippen LogP contribution in [0.3, 0.4) is 0 Å². The number of aryl methyl sites for hydroxylation is 2. The summed E-state index contributed by atoms with van der Waals surface area (Å²) in [7, 11) is 1.95. The molecule has 2 saturated carbocycles. The molecule has 6 nitrogen and oxygen atoms in total. The van der Waals surface area contributed by atoms with Gasteiger partial charge in [0.25, 0.3) is 0 Å². The number of carbonyl (C=O) groups excluding carboxylic acids is 1. The van der Waals surface area contributed by atoms with Gasteiger partial charge in [-0.3, -0.25) is 4.68 Å². The number of amides is 2. The molecule has 0 radical (unpaired) electrons. The highest BCUT2D eigenvalue weighted by atomic mass is 16.5. The van der Waals surface area contributed by atoms with Gasteiger partial charge in [-0.2, -0.15) is 5.10 Å². The first-order chi connectivity index (χ1) is 11.5. The molecule has 2 N–H and O–H groups in total. The second-order valence-electron chi connectivity index (χ2n) is 7.71. The summed E-state index contributed by atoms with van der Waals surface area (Å²) in [4.78, 5) is 12.5. The largest absolute Gasteiger partial charge is 0.371 e. The summed E-state index contributed by atoms with van der Waals surface area (Å²) in [6.45, 7) is 4.75. The predicted molar refractivity (Wildman–Crippen MR) is 90.7 cm³/mol. The maximum Gasteiger partial charge on any atom is 0.315 e. The Morgan fingerprint density at radius 3 is 2.42 bits per heavy atom. The Morgan fingerprint density at radius 2 is 1.88 bits per heavy atom. The Labute approximate surface area is 143 Å². The van der Waals surface area contributed by atoms with Crippen molar-refractivity contribution in [1.29, 1.82) is 0 Å². The van der Waals surface area contributed by atoms with Crippen molar-refractivity contribution in [2.24, 2.45) is 18.9 Å². The van der Waals surface area contributed by atoms with Crippen LogP contribution >= 0.6 is 0 Å². The third kappa shape index (κ3) is 3.04. The third-order valence-corrected chi connectivity index (χ3v) is 5.82. The van der Waals surface area contributed by atoms with Crippen LogP contribution in [0.5, 0.6) is 0 Å². The number of rotatable bonds is 5. The van der Waals surface area contributed by atoms with Crippen molar-refractivity contribution in [1.82, 2.24) is 20.4 Å². The molecule has 1 aliphatic heterocycles. The second kappa shape index (κ2) is 6.06. The highest BCUT2D eigenvalue weighted by Gasteiger charge is 2.43. The van der Waals surface area contributed by atoms with E-state index in [9.17, 15) is 4.79 Å². The van der Waals surface area contributed by atoms with Gasteiger partial charge in [0, 0.05) is 31.0 Å². The number of nitrogens with zero attached hydrogens (tertiary/aromatic N) is 2. The van der Waals surface area contributed by atoms with Crippen molar-refractivity contribution in [3.8, 4) is 0 Å². The molecule has 0 unspecified atom stereocenters. The van der Waals surface area contributed by atoms with Crippen LogP contribution in [-0.2, 0) is 11.8 Å². The minimum Gasteiger partial charge on any atom is -0.371 e. The Hall–Kier alpha value is -1.56. The van der Waals surface area contributed by atoms with Gasteiger partial charge >= 0.3 is 6.03 Å². The van der Waals surface area contributed by atoms with Crippen molar-refractivity contribution in [3.05, 3.63) is 17.0 Å². The summed E-state index contributed by atoms with van der Waals surface area (Å²) in [6, 6.07) is 0.372. The van der Waals surface area contributed by atoms with Gasteiger partial charge in [-0.15, -0.1) is 0 Å². The maximum atomic E-state index is 12.5. The molecule has 4 rings (SSSR count). The van der Waals surface area contributed by atoms with E-state index in [-0.39, 0.29) is 18.2 Å². The van der Waals surface area contributed by atoms with Crippen LogP contribution in [0.2, 0.25) is 0 Å². The Morgan fingerprint density at radius 1 is 1.21 bits per heavy atom. The van der Waals surface area contributed by atoms with Crippen LogP contribution in [0.1, 0.15) is 55.2 Å². The Kier molecular flexibility index (Phi) is 4.03. The van der Waals surface area contributed by atoms with Crippen molar-refractivity contribution < 1.29 is 9.53 Å². The fourth-order valence-corrected chi connectivity index (χ4v) is 4.12. The lowest BCUT2D eigenvalue weighted by Gasteiger charge is -2.23. The van der Waals surface area contributed by atoms with Gasteiger partial charge < -0.3 is 15.4 Å². The second-order valence-corrected chi connectivity index (χ2v) is 7.71. The Bertz CT molecular complexity index is 621. The molecule has 0 bridgehead atoms. The van der Waals surface area contributed by atoms with Crippen molar-refractivity contribution >= 4 is 6.03 Å². The summed E-state index contributed by atoms with van der Waals surface area (Å²) in [6.07, 6.45) is 5.83. The number of aromatic nitrogens is 2. The average molecular weight is 332 g/mol.